The minimum atomic E-state index is -4.63. The van der Waals surface area contributed by atoms with Crippen molar-refractivity contribution in [1.82, 2.24) is 0 Å². The number of carbonyl (C=O) groups excluding carboxylic acids is 2. The zero-order valence-electron chi connectivity index (χ0n) is 27.8. The van der Waals surface area contributed by atoms with Crippen LogP contribution in [0.15, 0.2) is 58.5 Å². The van der Waals surface area contributed by atoms with E-state index in [2.05, 4.69) is 9.98 Å². The third-order valence-corrected chi connectivity index (χ3v) is 6.08. The Hall–Kier alpha value is -4.37. The number of carboxylic acids is 2. The van der Waals surface area contributed by atoms with Crippen LogP contribution in [0.2, 0.25) is 0 Å². The Bertz CT molecular complexity index is 1550. The molecular formula is C34H36CoF6N2O6. The summed E-state index contributed by atoms with van der Waals surface area (Å²) in [5, 5.41) is 39.1. The molecule has 15 heteroatoms. The number of hydrogen-bond acceptors (Lipinski definition) is 8. The molecule has 3 aromatic rings. The van der Waals surface area contributed by atoms with E-state index in [1.165, 1.54) is 6.07 Å². The smallest absolute Gasteiger partial charge is 0.550 e. The molecular weight excluding hydrogens is 705 g/mol. The Morgan fingerprint density at radius 2 is 0.918 bits per heavy atom. The number of hydrogen-bond donors (Lipinski definition) is 2. The van der Waals surface area contributed by atoms with Gasteiger partial charge < -0.3 is 30.0 Å². The molecule has 2 N–H and O–H groups in total. The van der Waals surface area contributed by atoms with E-state index in [1.807, 2.05) is 0 Å². The summed E-state index contributed by atoms with van der Waals surface area (Å²) in [5.74, 6) is -2.82. The number of carbonyl (C=O) groups is 2. The molecule has 0 spiro atoms. The fourth-order valence-corrected chi connectivity index (χ4v) is 3.92. The van der Waals surface area contributed by atoms with Crippen LogP contribution < -0.4 is 10.2 Å². The number of halogens is 6. The van der Waals surface area contributed by atoms with E-state index in [4.69, 9.17) is 19.8 Å². The molecule has 269 valence electrons. The van der Waals surface area contributed by atoms with Crippen LogP contribution in [-0.4, -0.2) is 34.6 Å². The molecule has 1 radical (unpaired) electrons. The third kappa shape index (κ3) is 14.7. The summed E-state index contributed by atoms with van der Waals surface area (Å²) in [6, 6.07) is 9.54. The number of aliphatic imine (C=N–C) groups is 2. The van der Waals surface area contributed by atoms with Crippen LogP contribution >= 0.6 is 0 Å². The maximum Gasteiger partial charge on any atom is 2.00 e. The standard InChI is InChI=1S/C30H30F6N2O2.2C2H4O2.Co/c1-27(2,3)23-12-19(29(31,32)33)10-17(25(23)39)15-37-21-8-7-9-22(14-21)38-16-18-11-20(30(34,35)36)13-24(26(18)40)28(4,5)6;2*1-2(3)4;/h7-16,39-40H,1-6H3;2*1H3,(H,3,4);/q;;;+2/p-2. The van der Waals surface area contributed by atoms with Gasteiger partial charge in [-0.3, -0.25) is 9.98 Å². The fraction of sp³-hybridized carbons (Fsp3) is 0.353. The normalized spacial score (nSPS) is 12.0. The van der Waals surface area contributed by atoms with Crippen LogP contribution in [0.25, 0.3) is 0 Å². The summed E-state index contributed by atoms with van der Waals surface area (Å²) in [5.41, 5.74) is -2.89. The first-order chi connectivity index (χ1) is 21.6. The second-order valence-corrected chi connectivity index (χ2v) is 12.4. The van der Waals surface area contributed by atoms with Crippen molar-refractivity contribution in [3.05, 3.63) is 81.9 Å². The van der Waals surface area contributed by atoms with Gasteiger partial charge in [-0.1, -0.05) is 47.6 Å². The number of aromatic hydroxyl groups is 2. The van der Waals surface area contributed by atoms with Crippen LogP contribution in [0.1, 0.15) is 88.8 Å². The molecule has 0 amide bonds. The second-order valence-electron chi connectivity index (χ2n) is 12.4. The Morgan fingerprint density at radius 1 is 0.633 bits per heavy atom. The topological polar surface area (TPSA) is 145 Å². The number of phenolic OH excluding ortho intramolecular Hbond substituents is 2. The maximum absolute atomic E-state index is 13.5. The fourth-order valence-electron chi connectivity index (χ4n) is 3.92. The molecule has 0 saturated heterocycles. The number of benzene rings is 3. The summed E-state index contributed by atoms with van der Waals surface area (Å²) >= 11 is 0. The Kier molecular flexibility index (Phi) is 15.8. The number of nitrogens with zero attached hydrogens (tertiary/aromatic N) is 2. The van der Waals surface area contributed by atoms with Crippen LogP contribution in [0.5, 0.6) is 11.5 Å². The Balaban J connectivity index is 0.00000230. The van der Waals surface area contributed by atoms with Gasteiger partial charge in [-0.25, -0.2) is 0 Å². The number of phenols is 2. The molecule has 0 aromatic heterocycles. The van der Waals surface area contributed by atoms with E-state index in [9.17, 15) is 36.6 Å². The van der Waals surface area contributed by atoms with Crippen molar-refractivity contribution in [2.24, 2.45) is 9.98 Å². The summed E-state index contributed by atoms with van der Waals surface area (Å²) in [6.45, 7) is 12.0. The van der Waals surface area contributed by atoms with E-state index >= 15 is 0 Å². The van der Waals surface area contributed by atoms with Gasteiger partial charge in [-0.05, 0) is 67.1 Å². The van der Waals surface area contributed by atoms with Crippen LogP contribution in [0.4, 0.5) is 37.7 Å². The van der Waals surface area contributed by atoms with Gasteiger partial charge in [0.1, 0.15) is 11.5 Å². The van der Waals surface area contributed by atoms with Crippen LogP contribution in [0, 0.1) is 0 Å². The van der Waals surface area contributed by atoms with Crippen LogP contribution in [-0.2, 0) is 49.6 Å². The molecule has 0 aliphatic heterocycles. The van der Waals surface area contributed by atoms with Crippen molar-refractivity contribution in [2.45, 2.75) is 78.6 Å². The summed E-state index contributed by atoms with van der Waals surface area (Å²) in [6.07, 6.45) is -7.05. The van der Waals surface area contributed by atoms with E-state index in [0.717, 1.165) is 50.5 Å². The van der Waals surface area contributed by atoms with Crippen molar-refractivity contribution in [2.75, 3.05) is 0 Å². The largest absolute Gasteiger partial charge is 2.00 e. The Morgan fingerprint density at radius 3 is 1.16 bits per heavy atom. The van der Waals surface area contributed by atoms with Crippen molar-refractivity contribution in [1.29, 1.82) is 0 Å². The minimum absolute atomic E-state index is 0. The first-order valence-electron chi connectivity index (χ1n) is 14.1. The van der Waals surface area contributed by atoms with Gasteiger partial charge in [0.15, 0.2) is 0 Å². The van der Waals surface area contributed by atoms with Gasteiger partial charge in [0.2, 0.25) is 0 Å². The molecule has 3 aromatic carbocycles. The molecule has 0 bridgehead atoms. The zero-order valence-corrected chi connectivity index (χ0v) is 28.8. The Labute approximate surface area is 290 Å². The average Bonchev–Trinajstić information content (AvgIpc) is 2.89. The van der Waals surface area contributed by atoms with Crippen LogP contribution in [0.3, 0.4) is 0 Å². The predicted octanol–water partition coefficient (Wildman–Crippen LogP) is 6.74. The molecule has 0 aliphatic rings. The molecule has 0 heterocycles. The molecule has 0 saturated carbocycles. The SMILES string of the molecule is CC(=O)[O-].CC(=O)[O-].CC(C)(C)c1cc(C(F)(F)F)cc(C=Nc2cccc(N=Cc3cc(C(F)(F)F)cc(C(C)(C)C)c3O)c2)c1O.[Co+2]. The van der Waals surface area contributed by atoms with Gasteiger partial charge in [0, 0.05) is 46.6 Å². The number of aliphatic carboxylic acids is 2. The van der Waals surface area contributed by atoms with E-state index in [0.29, 0.717) is 0 Å². The number of carboxylic acid groups (broad SMARTS) is 2. The van der Waals surface area contributed by atoms with E-state index in [-0.39, 0.29) is 61.9 Å². The number of rotatable bonds is 4. The van der Waals surface area contributed by atoms with Gasteiger partial charge in [-0.2, -0.15) is 26.3 Å². The average molecular weight is 742 g/mol. The first kappa shape index (κ1) is 44.6. The molecule has 49 heavy (non-hydrogen) atoms. The summed E-state index contributed by atoms with van der Waals surface area (Å²) in [4.78, 5) is 26.1. The second kappa shape index (κ2) is 17.3. The van der Waals surface area contributed by atoms with Crippen molar-refractivity contribution < 1.29 is 73.1 Å². The maximum atomic E-state index is 13.5. The molecule has 8 nitrogen and oxygen atoms in total. The van der Waals surface area contributed by atoms with Crippen molar-refractivity contribution in [3.63, 3.8) is 0 Å². The van der Waals surface area contributed by atoms with Gasteiger partial charge in [0.25, 0.3) is 0 Å². The zero-order chi connectivity index (χ0) is 37.4. The third-order valence-electron chi connectivity index (χ3n) is 6.08. The first-order valence-corrected chi connectivity index (χ1v) is 14.1. The predicted molar refractivity (Wildman–Crippen MR) is 166 cm³/mol. The quantitative estimate of drug-likeness (QED) is 0.224. The summed E-state index contributed by atoms with van der Waals surface area (Å²) < 4.78 is 81.0. The summed E-state index contributed by atoms with van der Waals surface area (Å²) in [7, 11) is 0. The minimum Gasteiger partial charge on any atom is -0.550 e. The van der Waals surface area contributed by atoms with Crippen molar-refractivity contribution in [3.8, 4) is 11.5 Å². The molecule has 0 fully saturated rings. The van der Waals surface area contributed by atoms with E-state index < -0.39 is 46.2 Å². The van der Waals surface area contributed by atoms with Gasteiger partial charge in [0.05, 0.1) is 22.5 Å². The van der Waals surface area contributed by atoms with E-state index in [1.54, 1.807) is 59.7 Å². The molecule has 3 rings (SSSR count). The molecule has 0 unspecified atom stereocenters. The molecule has 0 atom stereocenters. The van der Waals surface area contributed by atoms with Crippen molar-refractivity contribution >= 4 is 35.7 Å². The number of alkyl halides is 6. The molecule has 0 aliphatic carbocycles. The van der Waals surface area contributed by atoms with Gasteiger partial charge >= 0.3 is 29.1 Å². The van der Waals surface area contributed by atoms with Gasteiger partial charge in [-0.15, -0.1) is 0 Å². The monoisotopic (exact) mass is 741 g/mol.